The summed E-state index contributed by atoms with van der Waals surface area (Å²) in [5.41, 5.74) is -5.94. The second kappa shape index (κ2) is 12.6. The number of hydrogen-bond acceptors (Lipinski definition) is 8. The van der Waals surface area contributed by atoms with Gasteiger partial charge < -0.3 is 10.2 Å². The smallest absolute Gasteiger partial charge is 0.380 e. The molecule has 0 bridgehead atoms. The van der Waals surface area contributed by atoms with Gasteiger partial charge in [0.15, 0.2) is 0 Å². The summed E-state index contributed by atoms with van der Waals surface area (Å²) in [6, 6.07) is 12.0. The van der Waals surface area contributed by atoms with Gasteiger partial charge in [0.1, 0.15) is 4.90 Å². The number of halogens is 3. The van der Waals surface area contributed by atoms with Crippen LogP contribution in [0, 0.1) is 0 Å². The Morgan fingerprint density at radius 3 is 2.18 bits per heavy atom. The van der Waals surface area contributed by atoms with E-state index in [2.05, 4.69) is 29.0 Å². The monoisotopic (exact) mass is 594 g/mol. The molecule has 2 aromatic rings. The number of nitrogens with one attached hydrogen (secondary N) is 1. The van der Waals surface area contributed by atoms with Crippen molar-refractivity contribution in [3.8, 4) is 0 Å². The standard InChI is InChI=1S/C24H33F3N4O4S3/c1-18(2)31-14-12-30(13-15-31)11-10-19(17-36-20-6-4-3-5-7-20)29-22-9-8-21(38(28,34)35)16-23(22)37(32,33)24(25,26)27/h3-9,16,18-19,29H,10-15,17H2,1-2H3,(H2,28,34,35). The van der Waals surface area contributed by atoms with Gasteiger partial charge in [0.25, 0.3) is 9.84 Å². The van der Waals surface area contributed by atoms with Gasteiger partial charge in [0.2, 0.25) is 10.0 Å². The lowest BCUT2D eigenvalue weighted by molar-refractivity contribution is -0.0435. The molecule has 0 spiro atoms. The minimum absolute atomic E-state index is 0.321. The van der Waals surface area contributed by atoms with E-state index in [0.29, 0.717) is 30.8 Å². The summed E-state index contributed by atoms with van der Waals surface area (Å²) in [6.07, 6.45) is 0.532. The summed E-state index contributed by atoms with van der Waals surface area (Å²) in [7, 11) is -10.3. The van der Waals surface area contributed by atoms with Crippen molar-refractivity contribution in [2.24, 2.45) is 5.14 Å². The molecule has 1 fully saturated rings. The van der Waals surface area contributed by atoms with Crippen molar-refractivity contribution >= 4 is 37.3 Å². The van der Waals surface area contributed by atoms with E-state index in [1.54, 1.807) is 0 Å². The van der Waals surface area contributed by atoms with Crippen LogP contribution in [0.3, 0.4) is 0 Å². The summed E-state index contributed by atoms with van der Waals surface area (Å²) in [6.45, 7) is 8.49. The van der Waals surface area contributed by atoms with Crippen LogP contribution in [0.1, 0.15) is 20.3 Å². The van der Waals surface area contributed by atoms with Crippen molar-refractivity contribution in [2.45, 2.75) is 52.5 Å². The van der Waals surface area contributed by atoms with Crippen LogP contribution in [0.5, 0.6) is 0 Å². The predicted molar refractivity (Wildman–Crippen MR) is 143 cm³/mol. The van der Waals surface area contributed by atoms with Gasteiger partial charge in [-0.2, -0.15) is 13.2 Å². The number of anilines is 1. The summed E-state index contributed by atoms with van der Waals surface area (Å²) >= 11 is 1.49. The third-order valence-electron chi connectivity index (χ3n) is 6.36. The zero-order valence-electron chi connectivity index (χ0n) is 21.2. The maximum absolute atomic E-state index is 13.5. The number of hydrogen-bond donors (Lipinski definition) is 2. The Kier molecular flexibility index (Phi) is 10.1. The third-order valence-corrected chi connectivity index (χ3v) is 9.97. The number of sulfone groups is 1. The number of sulfonamides is 1. The van der Waals surface area contributed by atoms with E-state index in [1.807, 2.05) is 30.3 Å². The van der Waals surface area contributed by atoms with Crippen LogP contribution in [0.2, 0.25) is 0 Å². The number of primary sulfonamides is 1. The maximum Gasteiger partial charge on any atom is 0.501 e. The third kappa shape index (κ3) is 8.09. The highest BCUT2D eigenvalue weighted by atomic mass is 32.2. The molecule has 0 radical (unpaired) electrons. The first kappa shape index (κ1) is 30.7. The molecule has 0 saturated carbocycles. The summed E-state index contributed by atoms with van der Waals surface area (Å²) in [4.78, 5) is 3.72. The summed E-state index contributed by atoms with van der Waals surface area (Å²) < 4.78 is 88.8. The zero-order valence-corrected chi connectivity index (χ0v) is 23.6. The van der Waals surface area contributed by atoms with Gasteiger partial charge in [0.05, 0.1) is 10.6 Å². The van der Waals surface area contributed by atoms with E-state index in [1.165, 1.54) is 11.8 Å². The molecule has 1 unspecified atom stereocenters. The Morgan fingerprint density at radius 1 is 1.00 bits per heavy atom. The van der Waals surface area contributed by atoms with Gasteiger partial charge >= 0.3 is 5.51 Å². The molecule has 1 aliphatic rings. The molecule has 212 valence electrons. The first-order valence-corrected chi connectivity index (χ1v) is 16.1. The van der Waals surface area contributed by atoms with Crippen LogP contribution in [0.15, 0.2) is 63.2 Å². The fourth-order valence-electron chi connectivity index (χ4n) is 4.12. The molecule has 0 aromatic heterocycles. The molecule has 8 nitrogen and oxygen atoms in total. The fraction of sp³-hybridized carbons (Fsp3) is 0.500. The highest BCUT2D eigenvalue weighted by Gasteiger charge is 2.48. The number of benzene rings is 2. The SMILES string of the molecule is CC(C)N1CCN(CCC(CSc2ccccc2)Nc2ccc(S(N)(=O)=O)cc2S(=O)(=O)C(F)(F)F)CC1. The van der Waals surface area contributed by atoms with Crippen molar-refractivity contribution in [2.75, 3.05) is 43.8 Å². The number of nitrogens with zero attached hydrogens (tertiary/aromatic N) is 2. The zero-order chi connectivity index (χ0) is 28.1. The van der Waals surface area contributed by atoms with Gasteiger partial charge in [-0.1, -0.05) is 18.2 Å². The molecule has 1 heterocycles. The largest absolute Gasteiger partial charge is 0.501 e. The molecule has 2 aromatic carbocycles. The van der Waals surface area contributed by atoms with Gasteiger partial charge in [-0.3, -0.25) is 4.90 Å². The number of nitrogens with two attached hydrogens (primary N) is 1. The van der Waals surface area contributed by atoms with Crippen molar-refractivity contribution in [3.05, 3.63) is 48.5 Å². The van der Waals surface area contributed by atoms with E-state index in [-0.39, 0.29) is 5.69 Å². The molecular weight excluding hydrogens is 561 g/mol. The molecule has 1 atom stereocenters. The molecule has 3 rings (SSSR count). The number of rotatable bonds is 11. The average molecular weight is 595 g/mol. The molecule has 38 heavy (non-hydrogen) atoms. The van der Waals surface area contributed by atoms with E-state index in [9.17, 15) is 30.0 Å². The van der Waals surface area contributed by atoms with Crippen molar-refractivity contribution in [1.82, 2.24) is 9.80 Å². The minimum Gasteiger partial charge on any atom is -0.380 e. The van der Waals surface area contributed by atoms with Gasteiger partial charge in [-0.25, -0.2) is 22.0 Å². The lowest BCUT2D eigenvalue weighted by Crippen LogP contribution is -2.49. The van der Waals surface area contributed by atoms with Crippen LogP contribution in [0.4, 0.5) is 18.9 Å². The number of piperazine rings is 1. The fourth-order valence-corrected chi connectivity index (χ4v) is 6.67. The molecule has 3 N–H and O–H groups in total. The Labute approximate surface area is 226 Å². The quantitative estimate of drug-likeness (QED) is 0.380. The first-order chi connectivity index (χ1) is 17.7. The lowest BCUT2D eigenvalue weighted by Gasteiger charge is -2.37. The van der Waals surface area contributed by atoms with Crippen molar-refractivity contribution in [3.63, 3.8) is 0 Å². The Hall–Kier alpha value is -1.84. The van der Waals surface area contributed by atoms with E-state index in [4.69, 9.17) is 5.14 Å². The Balaban J connectivity index is 1.86. The molecule has 0 amide bonds. The number of alkyl halides is 3. The van der Waals surface area contributed by atoms with Gasteiger partial charge in [-0.05, 0) is 50.6 Å². The second-order valence-corrected chi connectivity index (χ2v) is 13.9. The van der Waals surface area contributed by atoms with Crippen LogP contribution in [-0.2, 0) is 19.9 Å². The molecule has 1 saturated heterocycles. The average Bonchev–Trinajstić information content (AvgIpc) is 2.85. The van der Waals surface area contributed by atoms with Gasteiger partial charge in [-0.15, -0.1) is 11.8 Å². The second-order valence-electron chi connectivity index (χ2n) is 9.38. The predicted octanol–water partition coefficient (Wildman–Crippen LogP) is 3.62. The Bertz CT molecular complexity index is 1280. The first-order valence-electron chi connectivity index (χ1n) is 12.1. The molecule has 1 aliphatic heterocycles. The lowest BCUT2D eigenvalue weighted by atomic mass is 10.2. The van der Waals surface area contributed by atoms with E-state index in [0.717, 1.165) is 43.2 Å². The highest BCUT2D eigenvalue weighted by Crippen LogP contribution is 2.36. The van der Waals surface area contributed by atoms with Crippen LogP contribution in [-0.4, -0.2) is 82.7 Å². The normalized spacial score (nSPS) is 17.0. The van der Waals surface area contributed by atoms with Gasteiger partial charge in [0, 0.05) is 55.5 Å². The van der Waals surface area contributed by atoms with E-state index < -0.39 is 41.2 Å². The number of thioether (sulfide) groups is 1. The van der Waals surface area contributed by atoms with E-state index >= 15 is 0 Å². The van der Waals surface area contributed by atoms with Crippen LogP contribution in [0.25, 0.3) is 0 Å². The van der Waals surface area contributed by atoms with Crippen LogP contribution >= 0.6 is 11.8 Å². The minimum atomic E-state index is -5.86. The Morgan fingerprint density at radius 2 is 1.63 bits per heavy atom. The van der Waals surface area contributed by atoms with Crippen molar-refractivity contribution in [1.29, 1.82) is 0 Å². The maximum atomic E-state index is 13.5. The molecule has 0 aliphatic carbocycles. The highest BCUT2D eigenvalue weighted by molar-refractivity contribution is 7.99. The van der Waals surface area contributed by atoms with Crippen molar-refractivity contribution < 1.29 is 30.0 Å². The van der Waals surface area contributed by atoms with Crippen LogP contribution < -0.4 is 10.5 Å². The summed E-state index contributed by atoms with van der Waals surface area (Å²) in [5.74, 6) is 0.443. The molecular formula is C24H33F3N4O4S3. The molecule has 14 heteroatoms. The topological polar surface area (TPSA) is 113 Å². The summed E-state index contributed by atoms with van der Waals surface area (Å²) in [5, 5.41) is 8.03.